The van der Waals surface area contributed by atoms with Crippen LogP contribution >= 0.6 is 0 Å². The minimum atomic E-state index is -0.528. The molecule has 1 rings (SSSR count). The highest BCUT2D eigenvalue weighted by atomic mass is 16.6. The number of carbonyl (C=O) groups is 2. The number of ether oxygens (including phenoxy) is 1. The van der Waals surface area contributed by atoms with Gasteiger partial charge in [0.25, 0.3) is 0 Å². The Balaban J connectivity index is 2.39. The second kappa shape index (κ2) is 6.21. The molecule has 0 aliphatic heterocycles. The van der Waals surface area contributed by atoms with Gasteiger partial charge >= 0.3 is 6.09 Å². The molecule has 1 fully saturated rings. The van der Waals surface area contributed by atoms with E-state index in [-0.39, 0.29) is 5.78 Å². The van der Waals surface area contributed by atoms with Gasteiger partial charge in [0.05, 0.1) is 6.04 Å². The predicted molar refractivity (Wildman–Crippen MR) is 70.4 cm³/mol. The van der Waals surface area contributed by atoms with Crippen LogP contribution in [0.5, 0.6) is 0 Å². The van der Waals surface area contributed by atoms with E-state index < -0.39 is 17.7 Å². The van der Waals surface area contributed by atoms with Crippen molar-refractivity contribution in [2.45, 2.75) is 71.4 Å². The summed E-state index contributed by atoms with van der Waals surface area (Å²) in [6, 6.07) is -0.402. The van der Waals surface area contributed by atoms with Gasteiger partial charge in [-0.3, -0.25) is 4.79 Å². The van der Waals surface area contributed by atoms with Gasteiger partial charge in [-0.2, -0.15) is 0 Å². The zero-order valence-electron chi connectivity index (χ0n) is 11.9. The fraction of sp³-hybridized carbons (Fsp3) is 0.857. The molecule has 104 valence electrons. The zero-order chi connectivity index (χ0) is 13.8. The minimum absolute atomic E-state index is 0.132. The Kier molecular flexibility index (Phi) is 5.17. The van der Waals surface area contributed by atoms with Crippen molar-refractivity contribution in [3.8, 4) is 0 Å². The van der Waals surface area contributed by atoms with Gasteiger partial charge in [0, 0.05) is 6.42 Å². The van der Waals surface area contributed by atoms with E-state index >= 15 is 0 Å². The number of nitrogens with one attached hydrogen (secondary N) is 1. The van der Waals surface area contributed by atoms with Crippen molar-refractivity contribution in [2.24, 2.45) is 5.92 Å². The molecule has 0 heterocycles. The van der Waals surface area contributed by atoms with Crippen LogP contribution in [-0.4, -0.2) is 23.5 Å². The molecule has 0 unspecified atom stereocenters. The minimum Gasteiger partial charge on any atom is -0.444 e. The number of ketones is 1. The van der Waals surface area contributed by atoms with Gasteiger partial charge in [0.2, 0.25) is 0 Å². The van der Waals surface area contributed by atoms with E-state index in [2.05, 4.69) is 5.32 Å². The van der Waals surface area contributed by atoms with Gasteiger partial charge in [-0.1, -0.05) is 26.2 Å². The van der Waals surface area contributed by atoms with Crippen LogP contribution in [0.2, 0.25) is 0 Å². The highest BCUT2D eigenvalue weighted by Gasteiger charge is 2.27. The molecule has 4 heteroatoms. The summed E-state index contributed by atoms with van der Waals surface area (Å²) in [7, 11) is 0. The molecule has 0 spiro atoms. The smallest absolute Gasteiger partial charge is 0.408 e. The van der Waals surface area contributed by atoms with Gasteiger partial charge in [-0.05, 0) is 33.1 Å². The lowest BCUT2D eigenvalue weighted by atomic mass is 9.80. The molecule has 1 aliphatic carbocycles. The summed E-state index contributed by atoms with van der Waals surface area (Å²) in [5.74, 6) is 0.667. The Morgan fingerprint density at radius 3 is 2.33 bits per heavy atom. The lowest BCUT2D eigenvalue weighted by molar-refractivity contribution is -0.122. The van der Waals surface area contributed by atoms with Crippen LogP contribution in [-0.2, 0) is 9.53 Å². The van der Waals surface area contributed by atoms with Crippen molar-refractivity contribution in [3.05, 3.63) is 0 Å². The van der Waals surface area contributed by atoms with Crippen LogP contribution in [0.4, 0.5) is 4.79 Å². The maximum absolute atomic E-state index is 12.0. The predicted octanol–water partition coefficient (Wildman–Crippen LogP) is 3.05. The normalized spacial score (nSPS) is 17.8. The monoisotopic (exact) mass is 255 g/mol. The van der Waals surface area contributed by atoms with E-state index in [9.17, 15) is 9.59 Å². The third kappa shape index (κ3) is 5.07. The van der Waals surface area contributed by atoms with Crippen LogP contribution in [0.15, 0.2) is 0 Å². The Morgan fingerprint density at radius 1 is 1.33 bits per heavy atom. The van der Waals surface area contributed by atoms with Gasteiger partial charge in [0.1, 0.15) is 5.60 Å². The first-order chi connectivity index (χ1) is 8.31. The third-order valence-corrected chi connectivity index (χ3v) is 3.20. The summed E-state index contributed by atoms with van der Waals surface area (Å²) in [6.45, 7) is 7.33. The number of rotatable bonds is 5. The third-order valence-electron chi connectivity index (χ3n) is 3.20. The molecule has 0 aromatic carbocycles. The fourth-order valence-corrected chi connectivity index (χ4v) is 1.98. The lowest BCUT2D eigenvalue weighted by Gasteiger charge is -2.27. The molecular weight excluding hydrogens is 230 g/mol. The summed E-state index contributed by atoms with van der Waals surface area (Å²) in [5.41, 5.74) is -0.528. The first kappa shape index (κ1) is 15.0. The van der Waals surface area contributed by atoms with Crippen molar-refractivity contribution in [3.63, 3.8) is 0 Å². The second-order valence-corrected chi connectivity index (χ2v) is 6.07. The molecule has 1 N–H and O–H groups in total. The van der Waals surface area contributed by atoms with E-state index in [1.54, 1.807) is 0 Å². The molecule has 1 amide bonds. The average molecular weight is 255 g/mol. The highest BCUT2D eigenvalue weighted by Crippen LogP contribution is 2.30. The first-order valence-corrected chi connectivity index (χ1v) is 6.84. The van der Waals surface area contributed by atoms with Gasteiger partial charge in [0.15, 0.2) is 5.78 Å². The number of hydrogen-bond acceptors (Lipinski definition) is 3. The van der Waals surface area contributed by atoms with E-state index in [1.807, 2.05) is 27.7 Å². The fourth-order valence-electron chi connectivity index (χ4n) is 1.98. The highest BCUT2D eigenvalue weighted by molar-refractivity contribution is 5.87. The molecular formula is C14H25NO3. The van der Waals surface area contributed by atoms with E-state index in [1.165, 1.54) is 6.42 Å². The summed E-state index contributed by atoms with van der Waals surface area (Å²) in [5, 5.41) is 2.67. The van der Waals surface area contributed by atoms with E-state index in [0.29, 0.717) is 18.8 Å². The Bertz CT molecular complexity index is 303. The maximum Gasteiger partial charge on any atom is 0.408 e. The first-order valence-electron chi connectivity index (χ1n) is 6.84. The molecule has 1 aliphatic rings. The van der Waals surface area contributed by atoms with Crippen molar-refractivity contribution in [1.29, 1.82) is 0 Å². The van der Waals surface area contributed by atoms with Crippen LogP contribution in [0.3, 0.4) is 0 Å². The quantitative estimate of drug-likeness (QED) is 0.821. The number of hydrogen-bond donors (Lipinski definition) is 1. The van der Waals surface area contributed by atoms with Crippen LogP contribution in [0.25, 0.3) is 0 Å². The molecule has 1 atom stereocenters. The van der Waals surface area contributed by atoms with Gasteiger partial charge in [-0.25, -0.2) is 4.79 Å². The lowest BCUT2D eigenvalue weighted by Crippen LogP contribution is -2.43. The number of Topliss-reactive ketones (excluding diaryl/α,β-unsaturated/α-hetero) is 1. The van der Waals surface area contributed by atoms with Crippen molar-refractivity contribution < 1.29 is 14.3 Å². The SMILES string of the molecule is CC[C@@H](NC(=O)OC(C)(C)C)C(=O)CC1CCC1. The summed E-state index contributed by atoms with van der Waals surface area (Å²) < 4.78 is 5.16. The van der Waals surface area contributed by atoms with Crippen LogP contribution < -0.4 is 5.32 Å². The van der Waals surface area contributed by atoms with Gasteiger partial charge in [-0.15, -0.1) is 0 Å². The Labute approximate surface area is 109 Å². The van der Waals surface area contributed by atoms with Crippen LogP contribution in [0, 0.1) is 5.92 Å². The number of carbonyl (C=O) groups excluding carboxylic acids is 2. The number of amides is 1. The van der Waals surface area contributed by atoms with E-state index in [0.717, 1.165) is 12.8 Å². The van der Waals surface area contributed by atoms with Gasteiger partial charge < -0.3 is 10.1 Å². The summed E-state index contributed by atoms with van der Waals surface area (Å²) in [4.78, 5) is 23.6. The van der Waals surface area contributed by atoms with Crippen LogP contribution in [0.1, 0.15) is 59.8 Å². The molecule has 0 saturated heterocycles. The van der Waals surface area contributed by atoms with Crippen molar-refractivity contribution in [1.82, 2.24) is 5.32 Å². The largest absolute Gasteiger partial charge is 0.444 e. The standard InChI is InChI=1S/C14H25NO3/c1-5-11(12(16)9-10-7-6-8-10)15-13(17)18-14(2,3)4/h10-11H,5-9H2,1-4H3,(H,15,17)/t11-/m1/s1. The second-order valence-electron chi connectivity index (χ2n) is 6.07. The topological polar surface area (TPSA) is 55.4 Å². The molecule has 4 nitrogen and oxygen atoms in total. The molecule has 0 radical (unpaired) electrons. The summed E-state index contributed by atoms with van der Waals surface area (Å²) in [6.07, 6.45) is 4.23. The molecule has 0 bridgehead atoms. The summed E-state index contributed by atoms with van der Waals surface area (Å²) >= 11 is 0. The van der Waals surface area contributed by atoms with Crippen molar-refractivity contribution in [2.75, 3.05) is 0 Å². The zero-order valence-corrected chi connectivity index (χ0v) is 11.9. The Hall–Kier alpha value is -1.06. The Morgan fingerprint density at radius 2 is 1.94 bits per heavy atom. The molecule has 18 heavy (non-hydrogen) atoms. The van der Waals surface area contributed by atoms with Crippen molar-refractivity contribution >= 4 is 11.9 Å². The maximum atomic E-state index is 12.0. The average Bonchev–Trinajstić information content (AvgIpc) is 2.17. The number of alkyl carbamates (subject to hydrolysis) is 1. The molecule has 0 aromatic heterocycles. The molecule has 1 saturated carbocycles. The molecule has 0 aromatic rings. The van der Waals surface area contributed by atoms with E-state index in [4.69, 9.17) is 4.74 Å².